The molecule has 1 saturated heterocycles. The third-order valence-electron chi connectivity index (χ3n) is 6.19. The Morgan fingerprint density at radius 2 is 1.94 bits per heavy atom. The fourth-order valence-corrected chi connectivity index (χ4v) is 3.98. The van der Waals surface area contributed by atoms with Crippen LogP contribution in [0.5, 0.6) is 5.75 Å². The average molecular weight is 472 g/mol. The number of hydrogen-bond acceptors (Lipinski definition) is 6. The first-order chi connectivity index (χ1) is 16.4. The Kier molecular flexibility index (Phi) is 9.30. The van der Waals surface area contributed by atoms with Gasteiger partial charge in [0, 0.05) is 38.7 Å². The smallest absolute Gasteiger partial charge is 0.246 e. The number of carbonyl (C=O) groups is 3. The Balaban J connectivity index is 1.47. The SMILES string of the molecule is CCCCCCN(CC(=O)N(C)CC)C(=O)CCCOc1ccc2c(c1)CN1CC(=O)NC1=N2. The molecule has 0 aromatic heterocycles. The molecule has 2 aliphatic heterocycles. The number of likely N-dealkylation sites (N-methyl/N-ethyl adjacent to an activating group) is 1. The van der Waals surface area contributed by atoms with E-state index in [-0.39, 0.29) is 24.3 Å². The number of aliphatic imine (C=N–C) groups is 1. The highest BCUT2D eigenvalue weighted by atomic mass is 16.5. The fraction of sp³-hybridized carbons (Fsp3) is 0.600. The Labute approximate surface area is 202 Å². The first-order valence-corrected chi connectivity index (χ1v) is 12.3. The van der Waals surface area contributed by atoms with Gasteiger partial charge in [-0.15, -0.1) is 0 Å². The summed E-state index contributed by atoms with van der Waals surface area (Å²) in [6.07, 6.45) is 5.16. The molecule has 0 aliphatic carbocycles. The van der Waals surface area contributed by atoms with Crippen LogP contribution in [0.4, 0.5) is 5.69 Å². The third kappa shape index (κ3) is 6.95. The van der Waals surface area contributed by atoms with Crippen molar-refractivity contribution in [2.45, 2.75) is 58.9 Å². The molecule has 9 heteroatoms. The maximum absolute atomic E-state index is 12.8. The van der Waals surface area contributed by atoms with Gasteiger partial charge in [0.2, 0.25) is 23.7 Å². The van der Waals surface area contributed by atoms with Crippen LogP contribution in [-0.4, -0.2) is 78.2 Å². The van der Waals surface area contributed by atoms with Gasteiger partial charge in [-0.3, -0.25) is 19.7 Å². The number of unbranched alkanes of at least 4 members (excludes halogenated alkanes) is 3. The molecule has 2 aliphatic rings. The minimum absolute atomic E-state index is 0.00328. The number of fused-ring (bicyclic) bond motifs is 2. The van der Waals surface area contributed by atoms with Crippen LogP contribution in [0.3, 0.4) is 0 Å². The topological polar surface area (TPSA) is 94.6 Å². The van der Waals surface area contributed by atoms with E-state index in [1.807, 2.05) is 30.0 Å². The van der Waals surface area contributed by atoms with E-state index in [0.29, 0.717) is 51.6 Å². The molecule has 34 heavy (non-hydrogen) atoms. The number of nitrogens with zero attached hydrogens (tertiary/aromatic N) is 4. The van der Waals surface area contributed by atoms with Crippen LogP contribution in [0, 0.1) is 0 Å². The molecular formula is C25H37N5O4. The molecule has 3 rings (SSSR count). The van der Waals surface area contributed by atoms with Crippen molar-refractivity contribution < 1.29 is 19.1 Å². The van der Waals surface area contributed by atoms with Crippen molar-refractivity contribution in [2.24, 2.45) is 4.99 Å². The summed E-state index contributed by atoms with van der Waals surface area (Å²) in [6.45, 7) is 6.79. The molecular weight excluding hydrogens is 434 g/mol. The molecule has 1 fully saturated rings. The molecule has 0 saturated carbocycles. The van der Waals surface area contributed by atoms with Gasteiger partial charge in [0.05, 0.1) is 18.8 Å². The van der Waals surface area contributed by atoms with E-state index in [2.05, 4.69) is 17.2 Å². The number of guanidine groups is 1. The standard InChI is InChI=1S/C25H37N5O4/c1-4-6-7-8-13-29(18-24(33)28(3)5-2)23(32)10-9-14-34-20-11-12-21-19(15-20)16-30-17-22(31)27-25(30)26-21/h11-12,15H,4-10,13-14,16-18H2,1-3H3,(H,26,27,31). The number of nitrogens with one attached hydrogen (secondary N) is 1. The average Bonchev–Trinajstić information content (AvgIpc) is 3.19. The lowest BCUT2D eigenvalue weighted by atomic mass is 10.1. The van der Waals surface area contributed by atoms with E-state index in [1.165, 1.54) is 0 Å². The summed E-state index contributed by atoms with van der Waals surface area (Å²) in [6, 6.07) is 5.69. The predicted molar refractivity (Wildman–Crippen MR) is 131 cm³/mol. The van der Waals surface area contributed by atoms with Crippen molar-refractivity contribution in [3.8, 4) is 5.75 Å². The Bertz CT molecular complexity index is 917. The summed E-state index contributed by atoms with van der Waals surface area (Å²) in [5, 5.41) is 2.76. The van der Waals surface area contributed by atoms with Gasteiger partial charge in [0.25, 0.3) is 0 Å². The third-order valence-corrected chi connectivity index (χ3v) is 6.19. The van der Waals surface area contributed by atoms with E-state index in [1.54, 1.807) is 16.8 Å². The molecule has 9 nitrogen and oxygen atoms in total. The molecule has 0 unspecified atom stereocenters. The van der Waals surface area contributed by atoms with Gasteiger partial charge in [-0.1, -0.05) is 26.2 Å². The number of benzene rings is 1. The second-order valence-electron chi connectivity index (χ2n) is 8.87. The molecule has 186 valence electrons. The van der Waals surface area contributed by atoms with E-state index >= 15 is 0 Å². The zero-order valence-electron chi connectivity index (χ0n) is 20.6. The summed E-state index contributed by atoms with van der Waals surface area (Å²) in [7, 11) is 1.76. The van der Waals surface area contributed by atoms with Crippen LogP contribution in [0.15, 0.2) is 23.2 Å². The lowest BCUT2D eigenvalue weighted by Crippen LogP contribution is -2.42. The van der Waals surface area contributed by atoms with E-state index in [0.717, 1.165) is 42.7 Å². The second-order valence-corrected chi connectivity index (χ2v) is 8.87. The minimum Gasteiger partial charge on any atom is -0.494 e. The molecule has 0 bridgehead atoms. The second kappa shape index (κ2) is 12.4. The van der Waals surface area contributed by atoms with Gasteiger partial charge in [-0.05, 0) is 38.0 Å². The monoisotopic (exact) mass is 471 g/mol. The molecule has 1 aromatic rings. The first-order valence-electron chi connectivity index (χ1n) is 12.3. The number of hydrogen-bond donors (Lipinski definition) is 1. The normalized spacial score (nSPS) is 14.1. The highest BCUT2D eigenvalue weighted by Crippen LogP contribution is 2.30. The lowest BCUT2D eigenvalue weighted by molar-refractivity contribution is -0.139. The molecule has 0 radical (unpaired) electrons. The van der Waals surface area contributed by atoms with Crippen molar-refractivity contribution in [3.63, 3.8) is 0 Å². The summed E-state index contributed by atoms with van der Waals surface area (Å²) >= 11 is 0. The molecule has 0 atom stereocenters. The van der Waals surface area contributed by atoms with E-state index < -0.39 is 0 Å². The maximum atomic E-state index is 12.8. The minimum atomic E-state index is -0.0462. The van der Waals surface area contributed by atoms with E-state index in [4.69, 9.17) is 4.74 Å². The van der Waals surface area contributed by atoms with Gasteiger partial charge >= 0.3 is 0 Å². The summed E-state index contributed by atoms with van der Waals surface area (Å²) in [4.78, 5) is 46.5. The highest BCUT2D eigenvalue weighted by molar-refractivity contribution is 6.05. The summed E-state index contributed by atoms with van der Waals surface area (Å²) in [5.74, 6) is 1.25. The summed E-state index contributed by atoms with van der Waals surface area (Å²) < 4.78 is 5.89. The van der Waals surface area contributed by atoms with Gasteiger partial charge in [0.1, 0.15) is 12.3 Å². The fourth-order valence-electron chi connectivity index (χ4n) is 3.98. The molecule has 1 N–H and O–H groups in total. The quantitative estimate of drug-likeness (QED) is 0.447. The van der Waals surface area contributed by atoms with Crippen LogP contribution in [0.1, 0.15) is 57.9 Å². The molecule has 0 spiro atoms. The van der Waals surface area contributed by atoms with Gasteiger partial charge in [0.15, 0.2) is 0 Å². The van der Waals surface area contributed by atoms with E-state index in [9.17, 15) is 14.4 Å². The molecule has 2 heterocycles. The van der Waals surface area contributed by atoms with Gasteiger partial charge in [-0.2, -0.15) is 0 Å². The van der Waals surface area contributed by atoms with Crippen LogP contribution < -0.4 is 10.1 Å². The van der Waals surface area contributed by atoms with Crippen molar-refractivity contribution in [1.29, 1.82) is 0 Å². The van der Waals surface area contributed by atoms with Crippen molar-refractivity contribution >= 4 is 29.4 Å². The van der Waals surface area contributed by atoms with Crippen molar-refractivity contribution in [3.05, 3.63) is 23.8 Å². The van der Waals surface area contributed by atoms with Crippen molar-refractivity contribution in [1.82, 2.24) is 20.0 Å². The van der Waals surface area contributed by atoms with Gasteiger partial charge in [-0.25, -0.2) is 4.99 Å². The van der Waals surface area contributed by atoms with Crippen LogP contribution in [-0.2, 0) is 20.9 Å². The van der Waals surface area contributed by atoms with Gasteiger partial charge < -0.3 is 19.4 Å². The molecule has 1 aromatic carbocycles. The van der Waals surface area contributed by atoms with Crippen LogP contribution >= 0.6 is 0 Å². The van der Waals surface area contributed by atoms with Crippen LogP contribution in [0.2, 0.25) is 0 Å². The number of amides is 3. The Morgan fingerprint density at radius 1 is 1.12 bits per heavy atom. The number of ether oxygens (including phenoxy) is 1. The Morgan fingerprint density at radius 3 is 2.71 bits per heavy atom. The zero-order valence-corrected chi connectivity index (χ0v) is 20.6. The number of carbonyl (C=O) groups excluding carboxylic acids is 3. The first kappa shape index (κ1) is 25.5. The Hall–Kier alpha value is -3.10. The summed E-state index contributed by atoms with van der Waals surface area (Å²) in [5.41, 5.74) is 1.84. The zero-order chi connectivity index (χ0) is 24.5. The number of rotatable bonds is 13. The highest BCUT2D eigenvalue weighted by Gasteiger charge is 2.29. The maximum Gasteiger partial charge on any atom is 0.246 e. The largest absolute Gasteiger partial charge is 0.494 e. The predicted octanol–water partition coefficient (Wildman–Crippen LogP) is 2.67. The molecule has 3 amide bonds. The lowest BCUT2D eigenvalue weighted by Gasteiger charge is -2.25. The van der Waals surface area contributed by atoms with Crippen molar-refractivity contribution in [2.75, 3.05) is 39.8 Å². The van der Waals surface area contributed by atoms with Crippen LogP contribution in [0.25, 0.3) is 0 Å².